The van der Waals surface area contributed by atoms with Crippen molar-refractivity contribution >= 4 is 29.2 Å². The number of anilines is 2. The fourth-order valence-corrected chi connectivity index (χ4v) is 2.66. The van der Waals surface area contributed by atoms with Crippen molar-refractivity contribution in [2.24, 2.45) is 0 Å². The molecule has 5 nitrogen and oxygen atoms in total. The Morgan fingerprint density at radius 2 is 1.95 bits per heavy atom. The van der Waals surface area contributed by atoms with Crippen molar-refractivity contribution in [1.82, 2.24) is 9.97 Å². The number of nitrogens with zero attached hydrogens (tertiary/aromatic N) is 2. The van der Waals surface area contributed by atoms with E-state index in [-0.39, 0.29) is 5.91 Å². The molecule has 0 spiro atoms. The van der Waals surface area contributed by atoms with Crippen LogP contribution in [-0.4, -0.2) is 22.4 Å². The maximum Gasteiger partial charge on any atom is 0.221 e. The Bertz CT molecular complexity index is 628. The largest absolute Gasteiger partial charge is 0.370 e. The van der Waals surface area contributed by atoms with Gasteiger partial charge in [-0.15, -0.1) is 0 Å². The number of aromatic nitrogens is 2. The number of carbonyl (C=O) groups excluding carboxylic acids is 1. The van der Waals surface area contributed by atoms with Gasteiger partial charge in [-0.2, -0.15) is 0 Å². The Labute approximate surface area is 128 Å². The minimum atomic E-state index is -0.0721. The molecule has 110 valence electrons. The third-order valence-corrected chi connectivity index (χ3v) is 3.50. The molecule has 1 amide bonds. The van der Waals surface area contributed by atoms with E-state index in [1.807, 2.05) is 44.2 Å². The molecule has 21 heavy (non-hydrogen) atoms. The summed E-state index contributed by atoms with van der Waals surface area (Å²) in [5.74, 6) is 1.50. The molecule has 0 aliphatic heterocycles. The monoisotopic (exact) mass is 302 g/mol. The highest BCUT2D eigenvalue weighted by Gasteiger charge is 2.04. The second-order valence-electron chi connectivity index (χ2n) is 4.48. The topological polar surface area (TPSA) is 66.9 Å². The quantitative estimate of drug-likeness (QED) is 0.829. The van der Waals surface area contributed by atoms with Crippen LogP contribution in [-0.2, 0) is 4.79 Å². The SMILES string of the molecule is CCNc1cc(Sc2ccc(NC(C)=O)cc2)nc(C)n1. The van der Waals surface area contributed by atoms with Gasteiger partial charge in [0.25, 0.3) is 0 Å². The number of hydrogen-bond acceptors (Lipinski definition) is 5. The van der Waals surface area contributed by atoms with Gasteiger partial charge in [0.05, 0.1) is 0 Å². The van der Waals surface area contributed by atoms with E-state index in [1.165, 1.54) is 6.92 Å². The number of amides is 1. The predicted octanol–water partition coefficient (Wildman–Crippen LogP) is 3.33. The van der Waals surface area contributed by atoms with Crippen molar-refractivity contribution < 1.29 is 4.79 Å². The van der Waals surface area contributed by atoms with Crippen LogP contribution in [0, 0.1) is 6.92 Å². The summed E-state index contributed by atoms with van der Waals surface area (Å²) in [5.41, 5.74) is 0.791. The zero-order valence-electron chi connectivity index (χ0n) is 12.3. The van der Waals surface area contributed by atoms with Crippen LogP contribution in [0.25, 0.3) is 0 Å². The minimum Gasteiger partial charge on any atom is -0.370 e. The number of hydrogen-bond donors (Lipinski definition) is 2. The molecule has 2 rings (SSSR count). The molecule has 0 saturated heterocycles. The molecule has 1 aromatic carbocycles. The molecule has 6 heteroatoms. The fourth-order valence-electron chi connectivity index (χ4n) is 1.79. The lowest BCUT2D eigenvalue weighted by molar-refractivity contribution is -0.114. The molecule has 0 atom stereocenters. The highest BCUT2D eigenvalue weighted by molar-refractivity contribution is 7.99. The van der Waals surface area contributed by atoms with Gasteiger partial charge in [0.2, 0.25) is 5.91 Å². The zero-order valence-corrected chi connectivity index (χ0v) is 13.1. The van der Waals surface area contributed by atoms with Gasteiger partial charge < -0.3 is 10.6 Å². The summed E-state index contributed by atoms with van der Waals surface area (Å²) in [4.78, 5) is 20.8. The number of carbonyl (C=O) groups is 1. The van der Waals surface area contributed by atoms with Gasteiger partial charge in [0.1, 0.15) is 16.7 Å². The van der Waals surface area contributed by atoms with E-state index < -0.39 is 0 Å². The molecule has 0 aliphatic rings. The van der Waals surface area contributed by atoms with E-state index in [9.17, 15) is 4.79 Å². The molecule has 0 bridgehead atoms. The first-order valence-electron chi connectivity index (χ1n) is 6.72. The molecule has 2 N–H and O–H groups in total. The maximum atomic E-state index is 11.0. The molecule has 0 aliphatic carbocycles. The van der Waals surface area contributed by atoms with Crippen molar-refractivity contribution in [3.8, 4) is 0 Å². The van der Waals surface area contributed by atoms with Gasteiger partial charge in [-0.1, -0.05) is 11.8 Å². The fraction of sp³-hybridized carbons (Fsp3) is 0.267. The van der Waals surface area contributed by atoms with Crippen molar-refractivity contribution in [1.29, 1.82) is 0 Å². The molecule has 2 aromatic rings. The second kappa shape index (κ2) is 7.08. The Morgan fingerprint density at radius 1 is 1.24 bits per heavy atom. The lowest BCUT2D eigenvalue weighted by atomic mass is 10.3. The lowest BCUT2D eigenvalue weighted by Gasteiger charge is -2.07. The van der Waals surface area contributed by atoms with Gasteiger partial charge >= 0.3 is 0 Å². The molecule has 0 saturated carbocycles. The maximum absolute atomic E-state index is 11.0. The zero-order chi connectivity index (χ0) is 15.2. The summed E-state index contributed by atoms with van der Waals surface area (Å²) >= 11 is 1.57. The third-order valence-electron chi connectivity index (χ3n) is 2.57. The van der Waals surface area contributed by atoms with Gasteiger partial charge in [-0.05, 0) is 38.1 Å². The molecule has 1 heterocycles. The van der Waals surface area contributed by atoms with Gasteiger partial charge in [0, 0.05) is 30.1 Å². The van der Waals surface area contributed by atoms with Crippen molar-refractivity contribution in [3.05, 3.63) is 36.2 Å². The van der Waals surface area contributed by atoms with Crippen molar-refractivity contribution in [2.75, 3.05) is 17.2 Å². The molecular weight excluding hydrogens is 284 g/mol. The smallest absolute Gasteiger partial charge is 0.221 e. The summed E-state index contributed by atoms with van der Waals surface area (Å²) < 4.78 is 0. The van der Waals surface area contributed by atoms with Crippen LogP contribution in [0.15, 0.2) is 40.3 Å². The van der Waals surface area contributed by atoms with Crippen LogP contribution in [0.1, 0.15) is 19.7 Å². The van der Waals surface area contributed by atoms with Crippen LogP contribution in [0.5, 0.6) is 0 Å². The average molecular weight is 302 g/mol. The van der Waals surface area contributed by atoms with Crippen LogP contribution in [0.4, 0.5) is 11.5 Å². The van der Waals surface area contributed by atoms with Gasteiger partial charge in [-0.25, -0.2) is 9.97 Å². The summed E-state index contributed by atoms with van der Waals surface area (Å²) in [7, 11) is 0. The molecule has 0 radical (unpaired) electrons. The first-order chi connectivity index (χ1) is 10.1. The van der Waals surface area contributed by atoms with E-state index in [2.05, 4.69) is 20.6 Å². The van der Waals surface area contributed by atoms with Gasteiger partial charge in [0.15, 0.2) is 0 Å². The Kier molecular flexibility index (Phi) is 5.16. The van der Waals surface area contributed by atoms with E-state index >= 15 is 0 Å². The highest BCUT2D eigenvalue weighted by atomic mass is 32.2. The molecule has 1 aromatic heterocycles. The van der Waals surface area contributed by atoms with Crippen LogP contribution < -0.4 is 10.6 Å². The standard InChI is InChI=1S/C15H18N4OS/c1-4-16-14-9-15(18-10(2)17-14)21-13-7-5-12(6-8-13)19-11(3)20/h5-9H,4H2,1-3H3,(H,19,20)(H,16,17,18). The number of aryl methyl sites for hydroxylation is 1. The summed E-state index contributed by atoms with van der Waals surface area (Å²) in [6.45, 7) is 6.23. The highest BCUT2D eigenvalue weighted by Crippen LogP contribution is 2.28. The molecule has 0 unspecified atom stereocenters. The van der Waals surface area contributed by atoms with E-state index in [0.29, 0.717) is 0 Å². The number of nitrogens with one attached hydrogen (secondary N) is 2. The summed E-state index contributed by atoms with van der Waals surface area (Å²) in [6.07, 6.45) is 0. The first-order valence-corrected chi connectivity index (χ1v) is 7.53. The average Bonchev–Trinajstić information content (AvgIpc) is 2.40. The normalized spacial score (nSPS) is 10.2. The lowest BCUT2D eigenvalue weighted by Crippen LogP contribution is -2.05. The van der Waals surface area contributed by atoms with Crippen LogP contribution in [0.2, 0.25) is 0 Å². The minimum absolute atomic E-state index is 0.0721. The Hall–Kier alpha value is -2.08. The van der Waals surface area contributed by atoms with Gasteiger partial charge in [-0.3, -0.25) is 4.79 Å². The predicted molar refractivity (Wildman–Crippen MR) is 85.8 cm³/mol. The van der Waals surface area contributed by atoms with Crippen LogP contribution in [0.3, 0.4) is 0 Å². The van der Waals surface area contributed by atoms with Crippen molar-refractivity contribution in [3.63, 3.8) is 0 Å². The van der Waals surface area contributed by atoms with Crippen LogP contribution >= 0.6 is 11.8 Å². The number of rotatable bonds is 5. The Balaban J connectivity index is 2.12. The Morgan fingerprint density at radius 3 is 2.57 bits per heavy atom. The summed E-state index contributed by atoms with van der Waals surface area (Å²) in [5, 5.41) is 6.83. The molecule has 0 fully saturated rings. The van der Waals surface area contributed by atoms with E-state index in [0.717, 1.165) is 33.8 Å². The third kappa shape index (κ3) is 4.75. The van der Waals surface area contributed by atoms with E-state index in [4.69, 9.17) is 0 Å². The molecular formula is C15H18N4OS. The van der Waals surface area contributed by atoms with Crippen molar-refractivity contribution in [2.45, 2.75) is 30.7 Å². The second-order valence-corrected chi connectivity index (χ2v) is 5.57. The number of benzene rings is 1. The first kappa shape index (κ1) is 15.3. The summed E-state index contributed by atoms with van der Waals surface area (Å²) in [6, 6.07) is 9.61. The van der Waals surface area contributed by atoms with E-state index in [1.54, 1.807) is 11.8 Å².